The van der Waals surface area contributed by atoms with E-state index in [2.05, 4.69) is 37.2 Å². The number of nitrogens with zero attached hydrogens (tertiary/aromatic N) is 1. The Morgan fingerprint density at radius 3 is 2.15 bits per heavy atom. The molecule has 8 heteroatoms. The van der Waals surface area contributed by atoms with Crippen LogP contribution in [0, 0.1) is 11.6 Å². The third-order valence-corrected chi connectivity index (χ3v) is 5.02. The average Bonchev–Trinajstić information content (AvgIpc) is 2.61. The zero-order valence-electron chi connectivity index (χ0n) is 13.9. The van der Waals surface area contributed by atoms with E-state index in [9.17, 15) is 18.4 Å². The molecule has 0 fully saturated rings. The normalized spacial score (nSPS) is 10.5. The van der Waals surface area contributed by atoms with Crippen molar-refractivity contribution in [1.82, 2.24) is 10.2 Å². The summed E-state index contributed by atoms with van der Waals surface area (Å²) in [6, 6.07) is 7.79. The molecule has 0 saturated carbocycles. The van der Waals surface area contributed by atoms with Crippen molar-refractivity contribution in [3.63, 3.8) is 0 Å². The predicted molar refractivity (Wildman–Crippen MR) is 102 cm³/mol. The Bertz CT molecular complexity index is 831. The smallest absolute Gasteiger partial charge is 0.254 e. The fourth-order valence-corrected chi connectivity index (χ4v) is 3.10. The molecule has 2 amide bonds. The second-order valence-corrected chi connectivity index (χ2v) is 7.29. The molecule has 0 bridgehead atoms. The number of amides is 2. The van der Waals surface area contributed by atoms with Gasteiger partial charge in [0.25, 0.3) is 11.8 Å². The van der Waals surface area contributed by atoms with Crippen molar-refractivity contribution < 1.29 is 18.4 Å². The van der Waals surface area contributed by atoms with Crippen LogP contribution in [0.2, 0.25) is 0 Å². The number of benzene rings is 2. The highest BCUT2D eigenvalue weighted by Crippen LogP contribution is 2.20. The fourth-order valence-electron chi connectivity index (χ4n) is 2.25. The summed E-state index contributed by atoms with van der Waals surface area (Å²) in [5.74, 6) is -1.71. The van der Waals surface area contributed by atoms with Crippen molar-refractivity contribution in [3.05, 3.63) is 68.1 Å². The van der Waals surface area contributed by atoms with Gasteiger partial charge in [-0.3, -0.25) is 9.59 Å². The second-order valence-electron chi connectivity index (χ2n) is 5.58. The number of carbonyl (C=O) groups excluding carboxylic acids is 2. The lowest BCUT2D eigenvalue weighted by molar-refractivity contribution is 0.0792. The summed E-state index contributed by atoms with van der Waals surface area (Å²) in [5.41, 5.74) is 0.443. The molecule has 4 nitrogen and oxygen atoms in total. The van der Waals surface area contributed by atoms with Crippen LogP contribution in [0.25, 0.3) is 0 Å². The van der Waals surface area contributed by atoms with Gasteiger partial charge >= 0.3 is 0 Å². The maximum Gasteiger partial charge on any atom is 0.254 e. The molecule has 0 aliphatic heterocycles. The SMILES string of the molecule is CN(CCCNC(=O)c1cc(F)ccc1Br)C(=O)c1cc(F)ccc1Br. The van der Waals surface area contributed by atoms with Gasteiger partial charge in [-0.2, -0.15) is 0 Å². The number of nitrogens with one attached hydrogen (secondary N) is 1. The highest BCUT2D eigenvalue weighted by atomic mass is 79.9. The number of rotatable bonds is 6. The Hall–Kier alpha value is -1.80. The van der Waals surface area contributed by atoms with Gasteiger partial charge in [0.05, 0.1) is 11.1 Å². The largest absolute Gasteiger partial charge is 0.352 e. The van der Waals surface area contributed by atoms with Gasteiger partial charge in [-0.25, -0.2) is 8.78 Å². The van der Waals surface area contributed by atoms with Crippen LogP contribution in [0.5, 0.6) is 0 Å². The van der Waals surface area contributed by atoms with Crippen LogP contribution in [-0.2, 0) is 0 Å². The van der Waals surface area contributed by atoms with E-state index in [0.29, 0.717) is 28.5 Å². The summed E-state index contributed by atoms with van der Waals surface area (Å²) in [7, 11) is 1.60. The predicted octanol–water partition coefficient (Wildman–Crippen LogP) is 4.38. The molecule has 2 aromatic rings. The molecule has 2 aromatic carbocycles. The standard InChI is InChI=1S/C18H16Br2F2N2O2/c1-24(18(26)14-10-12(22)4-6-16(14)20)8-2-7-23-17(25)13-9-11(21)3-5-15(13)19/h3-6,9-10H,2,7-8H2,1H3,(H,23,25). The summed E-state index contributed by atoms with van der Waals surface area (Å²) in [6.45, 7) is 0.677. The highest BCUT2D eigenvalue weighted by molar-refractivity contribution is 9.10. The van der Waals surface area contributed by atoms with E-state index in [1.54, 1.807) is 7.05 Å². The van der Waals surface area contributed by atoms with E-state index >= 15 is 0 Å². The first kappa shape index (κ1) is 20.5. The molecule has 0 unspecified atom stereocenters. The van der Waals surface area contributed by atoms with Crippen LogP contribution >= 0.6 is 31.9 Å². The van der Waals surface area contributed by atoms with Crippen LogP contribution in [0.4, 0.5) is 8.78 Å². The molecule has 0 aliphatic carbocycles. The van der Waals surface area contributed by atoms with Crippen molar-refractivity contribution >= 4 is 43.7 Å². The first-order valence-corrected chi connectivity index (χ1v) is 9.32. The number of halogens is 4. The maximum absolute atomic E-state index is 13.3. The van der Waals surface area contributed by atoms with Crippen molar-refractivity contribution in [1.29, 1.82) is 0 Å². The molecular formula is C18H16Br2F2N2O2. The molecule has 1 N–H and O–H groups in total. The van der Waals surface area contributed by atoms with Gasteiger partial charge in [-0.1, -0.05) is 0 Å². The molecular weight excluding hydrogens is 474 g/mol. The van der Waals surface area contributed by atoms with E-state index in [1.807, 2.05) is 0 Å². The van der Waals surface area contributed by atoms with E-state index in [1.165, 1.54) is 35.2 Å². The maximum atomic E-state index is 13.3. The lowest BCUT2D eigenvalue weighted by Gasteiger charge is -2.18. The molecule has 0 spiro atoms. The van der Waals surface area contributed by atoms with E-state index in [0.717, 1.165) is 6.07 Å². The molecule has 0 heterocycles. The van der Waals surface area contributed by atoms with E-state index in [4.69, 9.17) is 0 Å². The van der Waals surface area contributed by atoms with Crippen LogP contribution in [0.1, 0.15) is 27.1 Å². The lowest BCUT2D eigenvalue weighted by Crippen LogP contribution is -2.32. The van der Waals surface area contributed by atoms with Crippen molar-refractivity contribution in [2.24, 2.45) is 0 Å². The van der Waals surface area contributed by atoms with Gasteiger partial charge in [0.2, 0.25) is 0 Å². The van der Waals surface area contributed by atoms with E-state index < -0.39 is 17.5 Å². The van der Waals surface area contributed by atoms with Crippen molar-refractivity contribution in [2.45, 2.75) is 6.42 Å². The van der Waals surface area contributed by atoms with Gasteiger partial charge in [0.15, 0.2) is 0 Å². The molecule has 2 rings (SSSR count). The molecule has 0 atom stereocenters. The molecule has 0 aromatic heterocycles. The van der Waals surface area contributed by atoms with Gasteiger partial charge in [0, 0.05) is 29.1 Å². The van der Waals surface area contributed by atoms with Crippen LogP contribution in [0.3, 0.4) is 0 Å². The van der Waals surface area contributed by atoms with Crippen LogP contribution < -0.4 is 5.32 Å². The first-order chi connectivity index (χ1) is 12.3. The summed E-state index contributed by atoms with van der Waals surface area (Å²) < 4.78 is 27.6. The fraction of sp³-hybridized carbons (Fsp3) is 0.222. The minimum absolute atomic E-state index is 0.207. The number of hydrogen-bond acceptors (Lipinski definition) is 2. The Labute approximate surface area is 166 Å². The number of carbonyl (C=O) groups is 2. The van der Waals surface area contributed by atoms with Crippen LogP contribution in [0.15, 0.2) is 45.3 Å². The third kappa shape index (κ3) is 5.35. The van der Waals surface area contributed by atoms with Gasteiger partial charge in [-0.05, 0) is 74.7 Å². The Morgan fingerprint density at radius 1 is 1.00 bits per heavy atom. The monoisotopic (exact) mass is 488 g/mol. The molecule has 0 aliphatic rings. The average molecular weight is 490 g/mol. The van der Waals surface area contributed by atoms with Gasteiger partial charge < -0.3 is 10.2 Å². The Kier molecular flexibility index (Phi) is 7.28. The van der Waals surface area contributed by atoms with Crippen molar-refractivity contribution in [3.8, 4) is 0 Å². The number of hydrogen-bond donors (Lipinski definition) is 1. The van der Waals surface area contributed by atoms with E-state index in [-0.39, 0.29) is 17.0 Å². The third-order valence-electron chi connectivity index (χ3n) is 3.63. The van der Waals surface area contributed by atoms with Gasteiger partial charge in [-0.15, -0.1) is 0 Å². The summed E-state index contributed by atoms with van der Waals surface area (Å²) in [5, 5.41) is 2.68. The summed E-state index contributed by atoms with van der Waals surface area (Å²) >= 11 is 6.44. The lowest BCUT2D eigenvalue weighted by atomic mass is 10.2. The minimum atomic E-state index is -0.496. The zero-order chi connectivity index (χ0) is 19.3. The topological polar surface area (TPSA) is 49.4 Å². The quantitative estimate of drug-likeness (QED) is 0.612. The highest BCUT2D eigenvalue weighted by Gasteiger charge is 2.16. The first-order valence-electron chi connectivity index (χ1n) is 7.73. The molecule has 138 valence electrons. The Morgan fingerprint density at radius 2 is 1.54 bits per heavy atom. The molecule has 0 saturated heterocycles. The van der Waals surface area contributed by atoms with Crippen LogP contribution in [-0.4, -0.2) is 36.9 Å². The minimum Gasteiger partial charge on any atom is -0.352 e. The second kappa shape index (κ2) is 9.23. The molecule has 26 heavy (non-hydrogen) atoms. The zero-order valence-corrected chi connectivity index (χ0v) is 17.0. The molecule has 0 radical (unpaired) electrons. The van der Waals surface area contributed by atoms with Gasteiger partial charge in [0.1, 0.15) is 11.6 Å². The Balaban J connectivity index is 1.85. The summed E-state index contributed by atoms with van der Waals surface area (Å²) in [4.78, 5) is 25.9. The summed E-state index contributed by atoms with van der Waals surface area (Å²) in [6.07, 6.45) is 0.494. The van der Waals surface area contributed by atoms with Crippen molar-refractivity contribution in [2.75, 3.05) is 20.1 Å².